The van der Waals surface area contributed by atoms with E-state index in [0.29, 0.717) is 6.04 Å². The van der Waals surface area contributed by atoms with Crippen molar-refractivity contribution in [2.45, 2.75) is 33.4 Å². The van der Waals surface area contributed by atoms with Gasteiger partial charge >= 0.3 is 0 Å². The topological polar surface area (TPSA) is 29.3 Å². The molecule has 19 heavy (non-hydrogen) atoms. The van der Waals surface area contributed by atoms with Crippen molar-refractivity contribution in [3.05, 3.63) is 59.7 Å². The van der Waals surface area contributed by atoms with Gasteiger partial charge in [0.05, 0.1) is 0 Å². The number of nitrogen functional groups attached to an aromatic ring is 1. The van der Waals surface area contributed by atoms with E-state index in [-0.39, 0.29) is 0 Å². The Morgan fingerprint density at radius 3 is 2.32 bits per heavy atom. The van der Waals surface area contributed by atoms with Gasteiger partial charge in [0.1, 0.15) is 0 Å². The van der Waals surface area contributed by atoms with Crippen molar-refractivity contribution in [3.63, 3.8) is 0 Å². The second kappa shape index (κ2) is 5.79. The molecule has 0 fully saturated rings. The molecule has 2 aromatic carbocycles. The molecule has 0 saturated carbocycles. The number of rotatable bonds is 4. The Kier molecular flexibility index (Phi) is 4.10. The molecule has 2 aromatic rings. The van der Waals surface area contributed by atoms with Gasteiger partial charge in [0, 0.05) is 24.0 Å². The SMILES string of the molecule is Cc1cc(N)ccc1N(Cc1ccccc1)C(C)C. The zero-order valence-electron chi connectivity index (χ0n) is 11.9. The zero-order chi connectivity index (χ0) is 13.8. The van der Waals surface area contributed by atoms with Crippen LogP contribution in [-0.4, -0.2) is 6.04 Å². The maximum absolute atomic E-state index is 5.84. The number of benzene rings is 2. The second-order valence-electron chi connectivity index (χ2n) is 5.25. The minimum Gasteiger partial charge on any atom is -0.399 e. The van der Waals surface area contributed by atoms with Crippen molar-refractivity contribution >= 4 is 11.4 Å². The van der Waals surface area contributed by atoms with E-state index in [0.717, 1.165) is 12.2 Å². The Morgan fingerprint density at radius 1 is 1.05 bits per heavy atom. The maximum atomic E-state index is 5.84. The number of hydrogen-bond acceptors (Lipinski definition) is 2. The van der Waals surface area contributed by atoms with E-state index in [9.17, 15) is 0 Å². The lowest BCUT2D eigenvalue weighted by Gasteiger charge is -2.30. The minimum atomic E-state index is 0.447. The molecule has 2 heteroatoms. The smallest absolute Gasteiger partial charge is 0.0432 e. The van der Waals surface area contributed by atoms with Crippen LogP contribution in [-0.2, 0) is 6.54 Å². The maximum Gasteiger partial charge on any atom is 0.0432 e. The highest BCUT2D eigenvalue weighted by molar-refractivity contribution is 5.59. The highest BCUT2D eigenvalue weighted by atomic mass is 15.2. The number of aryl methyl sites for hydroxylation is 1. The van der Waals surface area contributed by atoms with Crippen LogP contribution in [0.1, 0.15) is 25.0 Å². The van der Waals surface area contributed by atoms with Gasteiger partial charge in [-0.3, -0.25) is 0 Å². The van der Waals surface area contributed by atoms with Crippen molar-refractivity contribution in [1.29, 1.82) is 0 Å². The largest absolute Gasteiger partial charge is 0.399 e. The van der Waals surface area contributed by atoms with Gasteiger partial charge in [-0.1, -0.05) is 30.3 Å². The summed E-state index contributed by atoms with van der Waals surface area (Å²) in [5.41, 5.74) is 10.5. The Labute approximate surface area is 115 Å². The summed E-state index contributed by atoms with van der Waals surface area (Å²) in [5, 5.41) is 0. The molecule has 0 aliphatic rings. The predicted octanol–water partition coefficient (Wildman–Crippen LogP) is 3.99. The number of nitrogens with zero attached hydrogens (tertiary/aromatic N) is 1. The van der Waals surface area contributed by atoms with Crippen LogP contribution in [0.4, 0.5) is 11.4 Å². The Hall–Kier alpha value is -1.96. The number of hydrogen-bond donors (Lipinski definition) is 1. The van der Waals surface area contributed by atoms with Gasteiger partial charge in [0.15, 0.2) is 0 Å². The summed E-state index contributed by atoms with van der Waals surface area (Å²) in [6, 6.07) is 17.1. The van der Waals surface area contributed by atoms with Gasteiger partial charge in [-0.05, 0) is 50.1 Å². The average molecular weight is 254 g/mol. The number of anilines is 2. The van der Waals surface area contributed by atoms with E-state index in [4.69, 9.17) is 5.73 Å². The molecule has 0 amide bonds. The van der Waals surface area contributed by atoms with Crippen LogP contribution >= 0.6 is 0 Å². The molecule has 2 rings (SSSR count). The molecular weight excluding hydrogens is 232 g/mol. The molecular formula is C17H22N2. The summed E-state index contributed by atoms with van der Waals surface area (Å²) < 4.78 is 0. The molecule has 0 atom stereocenters. The first-order valence-corrected chi connectivity index (χ1v) is 6.74. The monoisotopic (exact) mass is 254 g/mol. The summed E-state index contributed by atoms with van der Waals surface area (Å²) in [7, 11) is 0. The fourth-order valence-electron chi connectivity index (χ4n) is 2.33. The van der Waals surface area contributed by atoms with Crippen molar-refractivity contribution in [1.82, 2.24) is 0 Å². The van der Waals surface area contributed by atoms with Gasteiger partial charge < -0.3 is 10.6 Å². The van der Waals surface area contributed by atoms with E-state index >= 15 is 0 Å². The van der Waals surface area contributed by atoms with Crippen molar-refractivity contribution in [2.75, 3.05) is 10.6 Å². The van der Waals surface area contributed by atoms with E-state index in [1.54, 1.807) is 0 Å². The van der Waals surface area contributed by atoms with Gasteiger partial charge in [0.2, 0.25) is 0 Å². The summed E-state index contributed by atoms with van der Waals surface area (Å²) >= 11 is 0. The molecule has 2 nitrogen and oxygen atoms in total. The Balaban J connectivity index is 2.30. The van der Waals surface area contributed by atoms with E-state index in [1.165, 1.54) is 16.8 Å². The Morgan fingerprint density at radius 2 is 1.74 bits per heavy atom. The van der Waals surface area contributed by atoms with Crippen LogP contribution in [0, 0.1) is 6.92 Å². The van der Waals surface area contributed by atoms with Gasteiger partial charge in [-0.25, -0.2) is 0 Å². The van der Waals surface area contributed by atoms with E-state index in [1.807, 2.05) is 12.1 Å². The lowest BCUT2D eigenvalue weighted by molar-refractivity contribution is 0.680. The van der Waals surface area contributed by atoms with Crippen LogP contribution in [0.15, 0.2) is 48.5 Å². The Bertz CT molecular complexity index is 532. The first-order chi connectivity index (χ1) is 9.08. The summed E-state index contributed by atoms with van der Waals surface area (Å²) in [4.78, 5) is 2.41. The lowest BCUT2D eigenvalue weighted by atomic mass is 10.1. The molecule has 0 aliphatic carbocycles. The quantitative estimate of drug-likeness (QED) is 0.836. The average Bonchev–Trinajstić information content (AvgIpc) is 2.38. The minimum absolute atomic E-state index is 0.447. The van der Waals surface area contributed by atoms with E-state index in [2.05, 4.69) is 62.1 Å². The van der Waals surface area contributed by atoms with Crippen LogP contribution in [0.25, 0.3) is 0 Å². The van der Waals surface area contributed by atoms with Crippen molar-refractivity contribution < 1.29 is 0 Å². The van der Waals surface area contributed by atoms with Crippen LogP contribution < -0.4 is 10.6 Å². The highest BCUT2D eigenvalue weighted by Crippen LogP contribution is 2.25. The molecule has 0 spiro atoms. The molecule has 0 aromatic heterocycles. The van der Waals surface area contributed by atoms with Crippen LogP contribution in [0.5, 0.6) is 0 Å². The lowest BCUT2D eigenvalue weighted by Crippen LogP contribution is -2.30. The first kappa shape index (κ1) is 13.5. The van der Waals surface area contributed by atoms with Gasteiger partial charge in [0.25, 0.3) is 0 Å². The third kappa shape index (κ3) is 3.28. The molecule has 0 aliphatic heterocycles. The summed E-state index contributed by atoms with van der Waals surface area (Å²) in [6.45, 7) is 7.48. The third-order valence-corrected chi connectivity index (χ3v) is 3.35. The summed E-state index contributed by atoms with van der Waals surface area (Å²) in [5.74, 6) is 0. The number of nitrogens with two attached hydrogens (primary N) is 1. The van der Waals surface area contributed by atoms with Gasteiger partial charge in [-0.15, -0.1) is 0 Å². The fraction of sp³-hybridized carbons (Fsp3) is 0.294. The third-order valence-electron chi connectivity index (χ3n) is 3.35. The molecule has 100 valence electrons. The van der Waals surface area contributed by atoms with Crippen molar-refractivity contribution in [2.24, 2.45) is 0 Å². The molecule has 0 unspecified atom stereocenters. The van der Waals surface area contributed by atoms with E-state index < -0.39 is 0 Å². The molecule has 0 radical (unpaired) electrons. The zero-order valence-corrected chi connectivity index (χ0v) is 11.9. The van der Waals surface area contributed by atoms with Crippen LogP contribution in [0.2, 0.25) is 0 Å². The highest BCUT2D eigenvalue weighted by Gasteiger charge is 2.13. The summed E-state index contributed by atoms with van der Waals surface area (Å²) in [6.07, 6.45) is 0. The standard InChI is InChI=1S/C17H22N2/c1-13(2)19(12-15-7-5-4-6-8-15)17-10-9-16(18)11-14(17)3/h4-11,13H,12,18H2,1-3H3. The first-order valence-electron chi connectivity index (χ1n) is 6.74. The molecule has 0 saturated heterocycles. The van der Waals surface area contributed by atoms with Crippen molar-refractivity contribution in [3.8, 4) is 0 Å². The fourth-order valence-corrected chi connectivity index (χ4v) is 2.33. The normalized spacial score (nSPS) is 10.7. The molecule has 2 N–H and O–H groups in total. The molecule has 0 heterocycles. The van der Waals surface area contributed by atoms with Gasteiger partial charge in [-0.2, -0.15) is 0 Å². The predicted molar refractivity (Wildman–Crippen MR) is 83.4 cm³/mol. The van der Waals surface area contributed by atoms with Crippen LogP contribution in [0.3, 0.4) is 0 Å². The second-order valence-corrected chi connectivity index (χ2v) is 5.25. The molecule has 0 bridgehead atoms.